The van der Waals surface area contributed by atoms with E-state index in [-0.39, 0.29) is 31.1 Å². The zero-order chi connectivity index (χ0) is 30.8. The van der Waals surface area contributed by atoms with Crippen molar-refractivity contribution in [2.24, 2.45) is 0 Å². The molecule has 226 valence electrons. The van der Waals surface area contributed by atoms with Crippen LogP contribution in [-0.2, 0) is 22.1 Å². The van der Waals surface area contributed by atoms with Crippen LogP contribution in [0.1, 0.15) is 42.4 Å². The van der Waals surface area contributed by atoms with Crippen LogP contribution < -0.4 is 20.9 Å². The van der Waals surface area contributed by atoms with Gasteiger partial charge in [0.05, 0.1) is 13.2 Å². The molecule has 3 rings (SSSR count). The summed E-state index contributed by atoms with van der Waals surface area (Å²) in [6.45, 7) is -0.146. The molecule has 0 unspecified atom stereocenters. The standard InChI is InChI=1S/C30H30F6N2O4/c31-26-19-24(40-17-3-15-29(32,33)34)12-13-25(26)30(35,36)42-23-10-5-20(6-11-23)7-14-28(39)41-16-2-1-4-21-8-9-22(37)18-27(21)38/h5-14,18-19H,1-4,15-17,37-38H2/b14-7+. The summed E-state index contributed by atoms with van der Waals surface area (Å²) in [6, 6.07) is 13.0. The molecule has 3 aromatic rings. The lowest BCUT2D eigenvalue weighted by Crippen LogP contribution is -2.23. The van der Waals surface area contributed by atoms with Crippen LogP contribution in [-0.4, -0.2) is 25.4 Å². The molecule has 0 fully saturated rings. The second-order valence-electron chi connectivity index (χ2n) is 9.31. The Morgan fingerprint density at radius 3 is 2.21 bits per heavy atom. The number of hydrogen-bond donors (Lipinski definition) is 2. The molecule has 0 radical (unpaired) electrons. The summed E-state index contributed by atoms with van der Waals surface area (Å²) in [6.07, 6.45) is -5.12. The number of benzene rings is 3. The molecule has 0 spiro atoms. The van der Waals surface area contributed by atoms with Crippen molar-refractivity contribution in [3.8, 4) is 11.5 Å². The van der Waals surface area contributed by atoms with E-state index in [1.54, 1.807) is 12.1 Å². The zero-order valence-electron chi connectivity index (χ0n) is 22.4. The molecule has 4 N–H and O–H groups in total. The van der Waals surface area contributed by atoms with E-state index in [2.05, 4.69) is 4.74 Å². The van der Waals surface area contributed by atoms with Crippen molar-refractivity contribution >= 4 is 23.4 Å². The van der Waals surface area contributed by atoms with Crippen LogP contribution >= 0.6 is 0 Å². The van der Waals surface area contributed by atoms with Gasteiger partial charge in [0.2, 0.25) is 0 Å². The molecule has 0 aliphatic heterocycles. The molecule has 6 nitrogen and oxygen atoms in total. The Hall–Kier alpha value is -4.35. The number of hydrogen-bond acceptors (Lipinski definition) is 6. The van der Waals surface area contributed by atoms with E-state index in [1.165, 1.54) is 36.4 Å². The molecule has 3 aromatic carbocycles. The zero-order valence-corrected chi connectivity index (χ0v) is 22.4. The molecule has 0 amide bonds. The molecule has 0 bridgehead atoms. The lowest BCUT2D eigenvalue weighted by Gasteiger charge is -2.19. The number of nitrogens with two attached hydrogens (primary N) is 2. The van der Waals surface area contributed by atoms with Gasteiger partial charge in [0, 0.05) is 29.9 Å². The molecule has 0 aliphatic rings. The predicted molar refractivity (Wildman–Crippen MR) is 146 cm³/mol. The van der Waals surface area contributed by atoms with Gasteiger partial charge in [-0.25, -0.2) is 9.18 Å². The minimum absolute atomic E-state index is 0.188. The number of carbonyl (C=O) groups is 1. The third kappa shape index (κ3) is 10.6. The van der Waals surface area contributed by atoms with Gasteiger partial charge in [-0.2, -0.15) is 22.0 Å². The first kappa shape index (κ1) is 32.2. The van der Waals surface area contributed by atoms with E-state index in [9.17, 15) is 31.1 Å². The van der Waals surface area contributed by atoms with Gasteiger partial charge in [0.15, 0.2) is 0 Å². The van der Waals surface area contributed by atoms with Crippen molar-refractivity contribution in [1.29, 1.82) is 0 Å². The smallest absolute Gasteiger partial charge is 0.429 e. The van der Waals surface area contributed by atoms with Gasteiger partial charge in [-0.3, -0.25) is 0 Å². The van der Waals surface area contributed by atoms with Crippen LogP contribution in [0.3, 0.4) is 0 Å². The molecular weight excluding hydrogens is 566 g/mol. The van der Waals surface area contributed by atoms with Gasteiger partial charge in [-0.15, -0.1) is 0 Å². The summed E-state index contributed by atoms with van der Waals surface area (Å²) in [5.74, 6) is -2.38. The first-order valence-electron chi connectivity index (χ1n) is 13.0. The molecule has 0 aliphatic carbocycles. The Balaban J connectivity index is 1.44. The first-order valence-corrected chi connectivity index (χ1v) is 13.0. The van der Waals surface area contributed by atoms with Crippen LogP contribution in [0, 0.1) is 5.82 Å². The van der Waals surface area contributed by atoms with Gasteiger partial charge in [-0.1, -0.05) is 18.2 Å². The Morgan fingerprint density at radius 2 is 1.55 bits per heavy atom. The van der Waals surface area contributed by atoms with Gasteiger partial charge in [-0.05, 0) is 79.3 Å². The topological polar surface area (TPSA) is 96.8 Å². The summed E-state index contributed by atoms with van der Waals surface area (Å²) in [7, 11) is 0. The Kier molecular flexibility index (Phi) is 11.1. The van der Waals surface area contributed by atoms with Gasteiger partial charge in [0.25, 0.3) is 0 Å². The van der Waals surface area contributed by atoms with Crippen LogP contribution in [0.15, 0.2) is 66.7 Å². The number of alkyl halides is 5. The minimum Gasteiger partial charge on any atom is -0.493 e. The highest BCUT2D eigenvalue weighted by molar-refractivity contribution is 5.87. The van der Waals surface area contributed by atoms with E-state index in [0.29, 0.717) is 35.8 Å². The Bertz CT molecular complexity index is 1360. The second-order valence-corrected chi connectivity index (χ2v) is 9.31. The molecule has 42 heavy (non-hydrogen) atoms. The maximum Gasteiger partial charge on any atom is 0.429 e. The molecule has 0 heterocycles. The lowest BCUT2D eigenvalue weighted by atomic mass is 10.1. The number of rotatable bonds is 14. The van der Waals surface area contributed by atoms with Crippen LogP contribution in [0.2, 0.25) is 0 Å². The minimum atomic E-state index is -4.35. The average molecular weight is 597 g/mol. The largest absolute Gasteiger partial charge is 0.493 e. The summed E-state index contributed by atoms with van der Waals surface area (Å²) in [5, 5.41) is 0. The third-order valence-electron chi connectivity index (χ3n) is 5.92. The normalized spacial score (nSPS) is 12.0. The van der Waals surface area contributed by atoms with E-state index in [0.717, 1.165) is 24.1 Å². The van der Waals surface area contributed by atoms with Crippen molar-refractivity contribution in [3.63, 3.8) is 0 Å². The monoisotopic (exact) mass is 596 g/mol. The summed E-state index contributed by atoms with van der Waals surface area (Å²) in [5.41, 5.74) is 13.2. The number of nitrogen functional groups attached to an aromatic ring is 2. The SMILES string of the molecule is Nc1ccc(CCCCOC(=O)/C=C/c2ccc(OC(F)(F)c3ccc(OCCCC(F)(F)F)cc3F)cc2)c(N)c1. The average Bonchev–Trinajstić information content (AvgIpc) is 2.91. The third-order valence-corrected chi connectivity index (χ3v) is 5.92. The molecule has 12 heteroatoms. The fourth-order valence-electron chi connectivity index (χ4n) is 3.78. The first-order chi connectivity index (χ1) is 19.8. The fraction of sp³-hybridized carbons (Fsp3) is 0.300. The molecule has 0 saturated carbocycles. The van der Waals surface area contributed by atoms with E-state index in [1.807, 2.05) is 6.07 Å². The number of ether oxygens (including phenoxy) is 3. The van der Waals surface area contributed by atoms with Crippen LogP contribution in [0.5, 0.6) is 11.5 Å². The predicted octanol–water partition coefficient (Wildman–Crippen LogP) is 7.42. The summed E-state index contributed by atoms with van der Waals surface area (Å²) < 4.78 is 95.0. The number of aryl methyl sites for hydroxylation is 1. The van der Waals surface area contributed by atoms with Crippen molar-refractivity contribution in [3.05, 3.63) is 89.2 Å². The highest BCUT2D eigenvalue weighted by atomic mass is 19.4. The van der Waals surface area contributed by atoms with E-state index in [4.69, 9.17) is 20.9 Å². The molecule has 0 atom stereocenters. The van der Waals surface area contributed by atoms with Crippen molar-refractivity contribution in [2.75, 3.05) is 24.7 Å². The van der Waals surface area contributed by atoms with E-state index >= 15 is 0 Å². The van der Waals surface area contributed by atoms with Gasteiger partial charge in [0.1, 0.15) is 22.9 Å². The van der Waals surface area contributed by atoms with E-state index < -0.39 is 36.1 Å². The number of carbonyl (C=O) groups excluding carboxylic acids is 1. The number of esters is 1. The van der Waals surface area contributed by atoms with Gasteiger partial charge >= 0.3 is 18.3 Å². The lowest BCUT2D eigenvalue weighted by molar-refractivity contribution is -0.187. The second kappa shape index (κ2) is 14.5. The summed E-state index contributed by atoms with van der Waals surface area (Å²) in [4.78, 5) is 12.0. The number of halogens is 6. The summed E-state index contributed by atoms with van der Waals surface area (Å²) >= 11 is 0. The maximum atomic E-state index is 14.6. The molecular formula is C30H30F6N2O4. The number of unbranched alkanes of at least 4 members (excludes halogenated alkanes) is 1. The van der Waals surface area contributed by atoms with Crippen molar-refractivity contribution in [1.82, 2.24) is 0 Å². The Labute approximate surface area is 238 Å². The quantitative estimate of drug-likeness (QED) is 0.0661. The number of anilines is 2. The maximum absolute atomic E-state index is 14.6. The van der Waals surface area contributed by atoms with Crippen molar-refractivity contribution < 1.29 is 45.3 Å². The van der Waals surface area contributed by atoms with Crippen LogP contribution in [0.25, 0.3) is 6.08 Å². The molecule has 0 aromatic heterocycles. The fourth-order valence-corrected chi connectivity index (χ4v) is 3.78. The highest BCUT2D eigenvalue weighted by Gasteiger charge is 2.38. The van der Waals surface area contributed by atoms with Crippen molar-refractivity contribution in [2.45, 2.75) is 44.4 Å². The Morgan fingerprint density at radius 1 is 0.833 bits per heavy atom. The molecule has 0 saturated heterocycles. The highest BCUT2D eigenvalue weighted by Crippen LogP contribution is 2.35. The van der Waals surface area contributed by atoms with Crippen LogP contribution in [0.4, 0.5) is 37.7 Å². The van der Waals surface area contributed by atoms with Gasteiger partial charge < -0.3 is 25.7 Å².